The summed E-state index contributed by atoms with van der Waals surface area (Å²) in [4.78, 5) is 15.8. The van der Waals surface area contributed by atoms with Crippen LogP contribution in [0.3, 0.4) is 0 Å². The Kier molecular flexibility index (Phi) is 2.97. The summed E-state index contributed by atoms with van der Waals surface area (Å²) in [7, 11) is 0. The minimum absolute atomic E-state index is 0.106. The fourth-order valence-corrected chi connectivity index (χ4v) is 1.40. The second-order valence-electron chi connectivity index (χ2n) is 3.78. The van der Waals surface area contributed by atoms with Gasteiger partial charge in [0.1, 0.15) is 5.69 Å². The first-order valence-corrected chi connectivity index (χ1v) is 5.05. The van der Waals surface area contributed by atoms with Crippen molar-refractivity contribution in [1.82, 2.24) is 10.3 Å². The van der Waals surface area contributed by atoms with Crippen LogP contribution in [0, 0.1) is 12.8 Å². The molecule has 1 amide bonds. The first kappa shape index (κ1) is 10.1. The summed E-state index contributed by atoms with van der Waals surface area (Å²) < 4.78 is 5.03. The molecule has 4 nitrogen and oxygen atoms in total. The van der Waals surface area contributed by atoms with Gasteiger partial charge in [-0.3, -0.25) is 4.79 Å². The molecule has 1 aromatic rings. The Labute approximate surface area is 88.7 Å². The Balaban J connectivity index is 1.89. The molecule has 0 radical (unpaired) electrons. The number of hydrogen-bond donors (Lipinski definition) is 1. The number of carbonyl (C=O) groups excluding carboxylic acids is 1. The van der Waals surface area contributed by atoms with Crippen molar-refractivity contribution >= 4 is 5.91 Å². The van der Waals surface area contributed by atoms with E-state index in [9.17, 15) is 4.79 Å². The maximum atomic E-state index is 11.6. The average Bonchev–Trinajstić information content (AvgIpc) is 2.15. The second kappa shape index (κ2) is 4.40. The number of ether oxygens (including phenoxy) is 1. The molecule has 1 aliphatic rings. The van der Waals surface area contributed by atoms with E-state index in [0.717, 1.165) is 18.9 Å². The highest BCUT2D eigenvalue weighted by molar-refractivity contribution is 5.92. The number of nitrogens with zero attached hydrogens (tertiary/aromatic N) is 1. The van der Waals surface area contributed by atoms with Crippen molar-refractivity contribution in [2.45, 2.75) is 6.92 Å². The summed E-state index contributed by atoms with van der Waals surface area (Å²) in [6, 6.07) is 5.43. The quantitative estimate of drug-likeness (QED) is 0.794. The molecule has 1 aliphatic heterocycles. The Hall–Kier alpha value is -1.42. The van der Waals surface area contributed by atoms with Crippen molar-refractivity contribution in [2.75, 3.05) is 19.8 Å². The number of hydrogen-bond acceptors (Lipinski definition) is 3. The molecule has 2 heterocycles. The molecule has 4 heteroatoms. The Morgan fingerprint density at radius 1 is 1.60 bits per heavy atom. The van der Waals surface area contributed by atoms with Gasteiger partial charge in [0, 0.05) is 18.2 Å². The molecule has 0 unspecified atom stereocenters. The molecule has 0 atom stereocenters. The van der Waals surface area contributed by atoms with Gasteiger partial charge in [-0.15, -0.1) is 0 Å². The highest BCUT2D eigenvalue weighted by Crippen LogP contribution is 2.08. The summed E-state index contributed by atoms with van der Waals surface area (Å²) in [5, 5.41) is 2.85. The molecular weight excluding hydrogens is 192 g/mol. The van der Waals surface area contributed by atoms with Crippen LogP contribution in [-0.2, 0) is 4.74 Å². The molecule has 1 fully saturated rings. The normalized spacial score (nSPS) is 15.8. The summed E-state index contributed by atoms with van der Waals surface area (Å²) >= 11 is 0. The molecule has 1 saturated heterocycles. The lowest BCUT2D eigenvalue weighted by molar-refractivity contribution is -0.0299. The zero-order valence-corrected chi connectivity index (χ0v) is 8.69. The van der Waals surface area contributed by atoms with Gasteiger partial charge in [0.05, 0.1) is 13.2 Å². The third kappa shape index (κ3) is 2.53. The number of aromatic nitrogens is 1. The van der Waals surface area contributed by atoms with E-state index in [1.165, 1.54) is 0 Å². The monoisotopic (exact) mass is 206 g/mol. The minimum Gasteiger partial charge on any atom is -0.381 e. The van der Waals surface area contributed by atoms with E-state index in [0.29, 0.717) is 18.2 Å². The fourth-order valence-electron chi connectivity index (χ4n) is 1.40. The second-order valence-corrected chi connectivity index (χ2v) is 3.78. The number of amides is 1. The molecule has 0 aliphatic carbocycles. The topological polar surface area (TPSA) is 51.2 Å². The highest BCUT2D eigenvalue weighted by atomic mass is 16.5. The summed E-state index contributed by atoms with van der Waals surface area (Å²) in [5.74, 6) is 0.365. The van der Waals surface area contributed by atoms with Gasteiger partial charge < -0.3 is 10.1 Å². The summed E-state index contributed by atoms with van der Waals surface area (Å²) in [5.41, 5.74) is 1.34. The van der Waals surface area contributed by atoms with Crippen LogP contribution in [0.25, 0.3) is 0 Å². The van der Waals surface area contributed by atoms with Crippen LogP contribution in [0.2, 0.25) is 0 Å². The van der Waals surface area contributed by atoms with Crippen LogP contribution < -0.4 is 5.32 Å². The van der Waals surface area contributed by atoms with E-state index in [1.807, 2.05) is 19.1 Å². The van der Waals surface area contributed by atoms with Crippen LogP contribution in [0.15, 0.2) is 18.2 Å². The van der Waals surface area contributed by atoms with Crippen LogP contribution in [0.4, 0.5) is 0 Å². The zero-order valence-electron chi connectivity index (χ0n) is 8.69. The van der Waals surface area contributed by atoms with Crippen molar-refractivity contribution < 1.29 is 9.53 Å². The van der Waals surface area contributed by atoms with E-state index >= 15 is 0 Å². The van der Waals surface area contributed by atoms with Gasteiger partial charge in [0.15, 0.2) is 0 Å². The summed E-state index contributed by atoms with van der Waals surface area (Å²) in [6.07, 6.45) is 0. The van der Waals surface area contributed by atoms with Crippen molar-refractivity contribution in [1.29, 1.82) is 0 Å². The fraction of sp³-hybridized carbons (Fsp3) is 0.455. The first-order chi connectivity index (χ1) is 7.25. The Bertz CT molecular complexity index is 361. The number of rotatable bonds is 3. The lowest BCUT2D eigenvalue weighted by atomic mass is 10.1. The number of pyridine rings is 1. The van der Waals surface area contributed by atoms with Crippen molar-refractivity contribution in [3.63, 3.8) is 0 Å². The molecule has 0 aromatic carbocycles. The van der Waals surface area contributed by atoms with Crippen LogP contribution >= 0.6 is 0 Å². The number of aryl methyl sites for hydroxylation is 1. The van der Waals surface area contributed by atoms with E-state index in [4.69, 9.17) is 4.74 Å². The number of nitrogens with one attached hydrogen (secondary N) is 1. The van der Waals surface area contributed by atoms with E-state index < -0.39 is 0 Å². The third-order valence-electron chi connectivity index (χ3n) is 2.38. The first-order valence-electron chi connectivity index (χ1n) is 5.05. The highest BCUT2D eigenvalue weighted by Gasteiger charge is 2.19. The molecule has 0 spiro atoms. The van der Waals surface area contributed by atoms with Crippen LogP contribution in [0.5, 0.6) is 0 Å². The zero-order chi connectivity index (χ0) is 10.7. The van der Waals surface area contributed by atoms with Gasteiger partial charge in [-0.05, 0) is 19.1 Å². The molecule has 15 heavy (non-hydrogen) atoms. The van der Waals surface area contributed by atoms with Gasteiger partial charge >= 0.3 is 0 Å². The maximum absolute atomic E-state index is 11.6. The van der Waals surface area contributed by atoms with Crippen molar-refractivity contribution in [3.05, 3.63) is 29.6 Å². The van der Waals surface area contributed by atoms with Crippen LogP contribution in [0.1, 0.15) is 16.2 Å². The smallest absolute Gasteiger partial charge is 0.269 e. The van der Waals surface area contributed by atoms with Crippen LogP contribution in [-0.4, -0.2) is 30.6 Å². The molecule has 1 N–H and O–H groups in total. The van der Waals surface area contributed by atoms with Crippen molar-refractivity contribution in [2.24, 2.45) is 5.92 Å². The molecular formula is C11H14N2O2. The predicted octanol–water partition coefficient (Wildman–Crippen LogP) is 0.766. The van der Waals surface area contributed by atoms with Crippen molar-refractivity contribution in [3.8, 4) is 0 Å². The third-order valence-corrected chi connectivity index (χ3v) is 2.38. The molecule has 0 saturated carbocycles. The standard InChI is InChI=1S/C11H14N2O2/c1-8-3-2-4-10(13-8)11(14)12-5-9-6-15-7-9/h2-4,9H,5-7H2,1H3,(H,12,14). The molecule has 1 aromatic heterocycles. The SMILES string of the molecule is Cc1cccc(C(=O)NCC2COC2)n1. The predicted molar refractivity (Wildman–Crippen MR) is 55.6 cm³/mol. The summed E-state index contributed by atoms with van der Waals surface area (Å²) in [6.45, 7) is 4.05. The van der Waals surface area contributed by atoms with E-state index in [2.05, 4.69) is 10.3 Å². The maximum Gasteiger partial charge on any atom is 0.269 e. The van der Waals surface area contributed by atoms with Gasteiger partial charge in [0.2, 0.25) is 0 Å². The largest absolute Gasteiger partial charge is 0.381 e. The van der Waals surface area contributed by atoms with Gasteiger partial charge in [-0.1, -0.05) is 6.07 Å². The minimum atomic E-state index is -0.106. The van der Waals surface area contributed by atoms with Gasteiger partial charge in [-0.2, -0.15) is 0 Å². The Morgan fingerprint density at radius 3 is 3.00 bits per heavy atom. The van der Waals surface area contributed by atoms with E-state index in [1.54, 1.807) is 6.07 Å². The lowest BCUT2D eigenvalue weighted by Gasteiger charge is -2.25. The van der Waals surface area contributed by atoms with E-state index in [-0.39, 0.29) is 5.91 Å². The molecule has 2 rings (SSSR count). The lowest BCUT2D eigenvalue weighted by Crippen LogP contribution is -2.39. The molecule has 80 valence electrons. The Morgan fingerprint density at radius 2 is 2.40 bits per heavy atom. The molecule has 0 bridgehead atoms. The van der Waals surface area contributed by atoms with Gasteiger partial charge in [-0.25, -0.2) is 4.98 Å². The van der Waals surface area contributed by atoms with Gasteiger partial charge in [0.25, 0.3) is 5.91 Å². The average molecular weight is 206 g/mol. The number of carbonyl (C=O) groups is 1.